The highest BCUT2D eigenvalue weighted by Gasteiger charge is 2.80. The minimum Gasteiger partial charge on any atom is -0.466 e. The number of amides is 2. The Bertz CT molecular complexity index is 1120. The number of likely N-dealkylation sites (tertiary alicyclic amines) is 1. The molecule has 8 nitrogen and oxygen atoms in total. The predicted octanol–water partition coefficient (Wildman–Crippen LogP) is 3.95. The molecule has 4 rings (SSSR count). The van der Waals surface area contributed by atoms with Gasteiger partial charge in [0.05, 0.1) is 18.1 Å². The number of aliphatic hydroxyl groups is 1. The van der Waals surface area contributed by atoms with E-state index in [0.29, 0.717) is 25.8 Å². The molecular weight excluding hydrogens is 496 g/mol. The Morgan fingerprint density at radius 1 is 1.26 bits per heavy atom. The third-order valence-corrected chi connectivity index (χ3v) is 9.13. The van der Waals surface area contributed by atoms with Crippen LogP contribution in [0.1, 0.15) is 64.0 Å². The summed E-state index contributed by atoms with van der Waals surface area (Å²) in [5.74, 6) is -2.42. The van der Waals surface area contributed by atoms with Gasteiger partial charge in [-0.25, -0.2) is 0 Å². The third-order valence-electron chi connectivity index (χ3n) is 9.13. The molecule has 1 N–H and O–H groups in total. The van der Waals surface area contributed by atoms with Gasteiger partial charge in [-0.15, -0.1) is 6.58 Å². The van der Waals surface area contributed by atoms with Crippen LogP contribution < -0.4 is 4.90 Å². The maximum absolute atomic E-state index is 14.7. The lowest BCUT2D eigenvalue weighted by atomic mass is 9.62. The minimum absolute atomic E-state index is 0.0377. The highest BCUT2D eigenvalue weighted by Crippen LogP contribution is 2.65. The molecule has 0 radical (unpaired) electrons. The van der Waals surface area contributed by atoms with Crippen LogP contribution in [0.5, 0.6) is 0 Å². The number of benzene rings is 1. The maximum Gasteiger partial charge on any atom is 0.312 e. The fourth-order valence-corrected chi connectivity index (χ4v) is 7.19. The zero-order chi connectivity index (χ0) is 28.5. The van der Waals surface area contributed by atoms with Crippen molar-refractivity contribution >= 4 is 23.5 Å². The number of hydrogen-bond donors (Lipinski definition) is 1. The van der Waals surface area contributed by atoms with Gasteiger partial charge in [0.2, 0.25) is 5.91 Å². The van der Waals surface area contributed by atoms with Crippen molar-refractivity contribution in [2.75, 3.05) is 31.2 Å². The molecule has 3 aliphatic heterocycles. The molecule has 8 heteroatoms. The maximum atomic E-state index is 14.7. The van der Waals surface area contributed by atoms with Crippen molar-refractivity contribution in [3.8, 4) is 0 Å². The van der Waals surface area contributed by atoms with Gasteiger partial charge < -0.3 is 24.4 Å². The molecule has 1 aromatic rings. The second kappa shape index (κ2) is 11.4. The highest BCUT2D eigenvalue weighted by atomic mass is 16.6. The summed E-state index contributed by atoms with van der Waals surface area (Å²) >= 11 is 0. The van der Waals surface area contributed by atoms with Gasteiger partial charge in [-0.1, -0.05) is 38.0 Å². The molecular formula is C31H44N2O6. The number of nitrogens with zero attached hydrogens (tertiary/aromatic N) is 2. The fourth-order valence-electron chi connectivity index (χ4n) is 7.19. The molecule has 2 amide bonds. The van der Waals surface area contributed by atoms with Crippen LogP contribution in [0.2, 0.25) is 0 Å². The lowest BCUT2D eigenvalue weighted by Gasteiger charge is -2.37. The molecule has 1 spiro atoms. The molecule has 3 aliphatic rings. The Hall–Kier alpha value is -2.71. The van der Waals surface area contributed by atoms with Crippen molar-refractivity contribution in [2.24, 2.45) is 17.8 Å². The van der Waals surface area contributed by atoms with Crippen molar-refractivity contribution in [2.45, 2.75) is 84.0 Å². The second-order valence-corrected chi connectivity index (χ2v) is 11.7. The summed E-state index contributed by atoms with van der Waals surface area (Å²) in [7, 11) is 0. The van der Waals surface area contributed by atoms with Gasteiger partial charge in [0, 0.05) is 25.4 Å². The molecule has 214 valence electrons. The van der Waals surface area contributed by atoms with E-state index in [4.69, 9.17) is 14.6 Å². The fraction of sp³-hybridized carbons (Fsp3) is 0.645. The number of carbonyl (C=O) groups excluding carboxylic acids is 3. The van der Waals surface area contributed by atoms with E-state index in [9.17, 15) is 14.4 Å². The number of esters is 1. The van der Waals surface area contributed by atoms with Gasteiger partial charge in [0.15, 0.2) is 0 Å². The Kier molecular flexibility index (Phi) is 8.57. The van der Waals surface area contributed by atoms with Crippen LogP contribution in [0.3, 0.4) is 0 Å². The average Bonchev–Trinajstić information content (AvgIpc) is 3.40. The molecule has 3 saturated heterocycles. The SMILES string of the molecule is C=CCN(C(=O)C1N(CCCCCCO)C(=O)[C@@H]2[C@@H](C(=O)OCC)[C@]3(C)OC12CC3C)c1cc(C)ccc1C. The van der Waals surface area contributed by atoms with Crippen molar-refractivity contribution in [3.05, 3.63) is 42.0 Å². The first kappa shape index (κ1) is 29.3. The molecule has 3 heterocycles. The average molecular weight is 541 g/mol. The normalized spacial score (nSPS) is 30.9. The van der Waals surface area contributed by atoms with Crippen molar-refractivity contribution in [3.63, 3.8) is 0 Å². The number of anilines is 1. The van der Waals surface area contributed by atoms with E-state index in [0.717, 1.165) is 29.7 Å². The lowest BCUT2D eigenvalue weighted by molar-refractivity contribution is -0.161. The molecule has 3 unspecified atom stereocenters. The van der Waals surface area contributed by atoms with Crippen LogP contribution >= 0.6 is 0 Å². The predicted molar refractivity (Wildman–Crippen MR) is 149 cm³/mol. The van der Waals surface area contributed by atoms with Crippen molar-refractivity contribution in [1.29, 1.82) is 0 Å². The summed E-state index contributed by atoms with van der Waals surface area (Å²) in [5.41, 5.74) is 0.760. The standard InChI is InChI=1S/C31H44N2O6/c1-7-15-32(23-18-20(3)13-14-21(23)4)28(36)26-31-19-22(5)30(6,39-31)25(29(37)38-8-2)24(31)27(35)33(26)16-11-9-10-12-17-34/h7,13-14,18,22,24-26,34H,1,8-12,15-17,19H2,2-6H3/t22?,24-,25-,26?,30+,31?/m0/s1. The summed E-state index contributed by atoms with van der Waals surface area (Å²) in [6.45, 7) is 14.6. The Labute approximate surface area is 232 Å². The summed E-state index contributed by atoms with van der Waals surface area (Å²) in [4.78, 5) is 45.6. The van der Waals surface area contributed by atoms with Crippen LogP contribution in [0, 0.1) is 31.6 Å². The Morgan fingerprint density at radius 3 is 2.64 bits per heavy atom. The molecule has 6 atom stereocenters. The number of hydrogen-bond acceptors (Lipinski definition) is 6. The first-order valence-electron chi connectivity index (χ1n) is 14.3. The van der Waals surface area contributed by atoms with E-state index in [1.54, 1.807) is 22.8 Å². The van der Waals surface area contributed by atoms with Gasteiger partial charge in [-0.2, -0.15) is 0 Å². The summed E-state index contributed by atoms with van der Waals surface area (Å²) in [6.07, 6.45) is 5.28. The molecule has 0 aliphatic carbocycles. The highest BCUT2D eigenvalue weighted by molar-refractivity contribution is 6.05. The van der Waals surface area contributed by atoms with E-state index in [1.165, 1.54) is 0 Å². The van der Waals surface area contributed by atoms with Gasteiger partial charge in [0.1, 0.15) is 17.6 Å². The second-order valence-electron chi connectivity index (χ2n) is 11.7. The first-order chi connectivity index (χ1) is 18.6. The van der Waals surface area contributed by atoms with Crippen LogP contribution in [0.15, 0.2) is 30.9 Å². The van der Waals surface area contributed by atoms with Gasteiger partial charge in [0.25, 0.3) is 5.91 Å². The van der Waals surface area contributed by atoms with Crippen LogP contribution in [-0.4, -0.2) is 71.3 Å². The van der Waals surface area contributed by atoms with E-state index in [-0.39, 0.29) is 37.5 Å². The number of rotatable bonds is 12. The number of unbranched alkanes of at least 4 members (excludes halogenated alkanes) is 3. The quantitative estimate of drug-likeness (QED) is 0.245. The topological polar surface area (TPSA) is 96.4 Å². The monoisotopic (exact) mass is 540 g/mol. The van der Waals surface area contributed by atoms with Crippen LogP contribution in [0.25, 0.3) is 0 Å². The summed E-state index contributed by atoms with van der Waals surface area (Å²) in [5, 5.41) is 9.17. The molecule has 3 fully saturated rings. The number of carbonyl (C=O) groups is 3. The van der Waals surface area contributed by atoms with Gasteiger partial charge in [-0.3, -0.25) is 14.4 Å². The zero-order valence-electron chi connectivity index (χ0n) is 24.1. The smallest absolute Gasteiger partial charge is 0.312 e. The van der Waals surface area contributed by atoms with E-state index < -0.39 is 35.0 Å². The largest absolute Gasteiger partial charge is 0.466 e. The molecule has 0 aromatic heterocycles. The van der Waals surface area contributed by atoms with Crippen molar-refractivity contribution < 1.29 is 29.0 Å². The summed E-state index contributed by atoms with van der Waals surface area (Å²) < 4.78 is 12.3. The number of fused-ring (bicyclic) bond motifs is 1. The van der Waals surface area contributed by atoms with E-state index in [1.807, 2.05) is 45.9 Å². The van der Waals surface area contributed by atoms with Gasteiger partial charge in [-0.05, 0) is 70.1 Å². The lowest BCUT2D eigenvalue weighted by Crippen LogP contribution is -2.57. The van der Waals surface area contributed by atoms with Crippen LogP contribution in [-0.2, 0) is 23.9 Å². The number of aryl methyl sites for hydroxylation is 2. The molecule has 2 bridgehead atoms. The Balaban J connectivity index is 1.79. The zero-order valence-corrected chi connectivity index (χ0v) is 24.1. The number of aliphatic hydroxyl groups excluding tert-OH is 1. The van der Waals surface area contributed by atoms with Gasteiger partial charge >= 0.3 is 5.97 Å². The van der Waals surface area contributed by atoms with Crippen molar-refractivity contribution in [1.82, 2.24) is 4.90 Å². The first-order valence-corrected chi connectivity index (χ1v) is 14.3. The minimum atomic E-state index is -1.11. The van der Waals surface area contributed by atoms with E-state index >= 15 is 0 Å². The van der Waals surface area contributed by atoms with Crippen LogP contribution in [0.4, 0.5) is 5.69 Å². The number of ether oxygens (including phenoxy) is 2. The molecule has 1 aromatic carbocycles. The van der Waals surface area contributed by atoms with E-state index in [2.05, 4.69) is 6.58 Å². The molecule has 0 saturated carbocycles. The summed E-state index contributed by atoms with van der Waals surface area (Å²) in [6, 6.07) is 5.12. The molecule has 39 heavy (non-hydrogen) atoms. The Morgan fingerprint density at radius 2 is 1.97 bits per heavy atom. The third kappa shape index (κ3) is 4.80.